The summed E-state index contributed by atoms with van der Waals surface area (Å²) in [5.41, 5.74) is 10.5. The SMILES string of the molecule is CSc1cccc(Nc2cc(-n3nc(C)c4c3CC(C)(C)CC4=O)ccc2C(N)=O)c1. The lowest BCUT2D eigenvalue weighted by atomic mass is 9.75. The number of carbonyl (C=O) groups excluding carboxylic acids is 2. The van der Waals surface area contributed by atoms with Gasteiger partial charge in [-0.25, -0.2) is 4.68 Å². The molecule has 1 aliphatic carbocycles. The van der Waals surface area contributed by atoms with Crippen molar-refractivity contribution in [2.75, 3.05) is 11.6 Å². The van der Waals surface area contributed by atoms with Crippen LogP contribution in [0.1, 0.15) is 52.4 Å². The van der Waals surface area contributed by atoms with Crippen molar-refractivity contribution in [1.29, 1.82) is 0 Å². The first kappa shape index (κ1) is 21.2. The Labute approximate surface area is 186 Å². The lowest BCUT2D eigenvalue weighted by Gasteiger charge is -2.29. The standard InChI is InChI=1S/C24H26N4O2S/c1-14-22-20(12-24(2,3)13-21(22)29)28(27-14)16-8-9-18(23(25)30)19(11-16)26-15-6-5-7-17(10-15)31-4/h5-11,26H,12-13H2,1-4H3,(H2,25,30). The number of aryl methyl sites for hydroxylation is 1. The molecule has 1 heterocycles. The second kappa shape index (κ2) is 7.89. The molecule has 0 spiro atoms. The van der Waals surface area contributed by atoms with Crippen LogP contribution < -0.4 is 11.1 Å². The van der Waals surface area contributed by atoms with Gasteiger partial charge in [0.25, 0.3) is 5.91 Å². The van der Waals surface area contributed by atoms with Crippen molar-refractivity contribution in [2.45, 2.75) is 38.5 Å². The molecule has 0 bridgehead atoms. The number of thioether (sulfide) groups is 1. The van der Waals surface area contributed by atoms with E-state index in [9.17, 15) is 9.59 Å². The minimum atomic E-state index is -0.509. The van der Waals surface area contributed by atoms with Gasteiger partial charge >= 0.3 is 0 Å². The number of fused-ring (bicyclic) bond motifs is 1. The van der Waals surface area contributed by atoms with Crippen LogP contribution in [0.15, 0.2) is 47.4 Å². The highest BCUT2D eigenvalue weighted by Crippen LogP contribution is 2.37. The maximum Gasteiger partial charge on any atom is 0.250 e. The summed E-state index contributed by atoms with van der Waals surface area (Å²) >= 11 is 1.64. The third-order valence-electron chi connectivity index (χ3n) is 5.58. The fraction of sp³-hybridized carbons (Fsp3) is 0.292. The molecular weight excluding hydrogens is 408 g/mol. The molecule has 0 aliphatic heterocycles. The Morgan fingerprint density at radius 3 is 2.68 bits per heavy atom. The summed E-state index contributed by atoms with van der Waals surface area (Å²) < 4.78 is 1.83. The zero-order valence-corrected chi connectivity index (χ0v) is 19.0. The highest BCUT2D eigenvalue weighted by molar-refractivity contribution is 7.98. The van der Waals surface area contributed by atoms with Gasteiger partial charge in [0.2, 0.25) is 0 Å². The van der Waals surface area contributed by atoms with Crippen LogP contribution >= 0.6 is 11.8 Å². The number of carbonyl (C=O) groups is 2. The van der Waals surface area contributed by atoms with E-state index in [-0.39, 0.29) is 11.2 Å². The van der Waals surface area contributed by atoms with Gasteiger partial charge in [-0.15, -0.1) is 11.8 Å². The Bertz CT molecular complexity index is 1200. The molecular formula is C24H26N4O2S. The summed E-state index contributed by atoms with van der Waals surface area (Å²) in [4.78, 5) is 25.9. The van der Waals surface area contributed by atoms with E-state index in [4.69, 9.17) is 5.73 Å². The number of anilines is 2. The fourth-order valence-corrected chi connectivity index (χ4v) is 4.65. The first-order valence-corrected chi connectivity index (χ1v) is 11.4. The van der Waals surface area contributed by atoms with Crippen LogP contribution in [0.2, 0.25) is 0 Å². The van der Waals surface area contributed by atoms with Crippen molar-refractivity contribution in [3.05, 3.63) is 65.0 Å². The van der Waals surface area contributed by atoms with Crippen molar-refractivity contribution in [1.82, 2.24) is 9.78 Å². The topological polar surface area (TPSA) is 90.0 Å². The summed E-state index contributed by atoms with van der Waals surface area (Å²) in [6.45, 7) is 6.07. The van der Waals surface area contributed by atoms with Gasteiger partial charge in [-0.05, 0) is 61.4 Å². The number of nitrogens with one attached hydrogen (secondary N) is 1. The van der Waals surface area contributed by atoms with Crippen molar-refractivity contribution in [3.8, 4) is 5.69 Å². The zero-order chi connectivity index (χ0) is 22.3. The van der Waals surface area contributed by atoms with Gasteiger partial charge in [-0.3, -0.25) is 9.59 Å². The Balaban J connectivity index is 1.81. The first-order chi connectivity index (χ1) is 14.7. The van der Waals surface area contributed by atoms with E-state index in [0.29, 0.717) is 17.7 Å². The summed E-state index contributed by atoms with van der Waals surface area (Å²) in [6, 6.07) is 13.3. The number of primary amides is 1. The summed E-state index contributed by atoms with van der Waals surface area (Å²) in [7, 11) is 0. The smallest absolute Gasteiger partial charge is 0.250 e. The van der Waals surface area contributed by atoms with Gasteiger partial charge in [-0.1, -0.05) is 19.9 Å². The predicted molar refractivity (Wildman–Crippen MR) is 125 cm³/mol. The van der Waals surface area contributed by atoms with E-state index < -0.39 is 5.91 Å². The number of nitrogens with zero attached hydrogens (tertiary/aromatic N) is 2. The molecule has 1 amide bonds. The number of nitrogens with two attached hydrogens (primary N) is 1. The number of hydrogen-bond acceptors (Lipinski definition) is 5. The molecule has 31 heavy (non-hydrogen) atoms. The summed E-state index contributed by atoms with van der Waals surface area (Å²) in [6.07, 6.45) is 3.29. The molecule has 0 atom stereocenters. The number of aromatic nitrogens is 2. The monoisotopic (exact) mass is 434 g/mol. The zero-order valence-electron chi connectivity index (χ0n) is 18.2. The molecule has 1 aromatic heterocycles. The van der Waals surface area contributed by atoms with Crippen LogP contribution in [0.4, 0.5) is 11.4 Å². The molecule has 1 aliphatic rings. The van der Waals surface area contributed by atoms with Crippen LogP contribution in [0.5, 0.6) is 0 Å². The Morgan fingerprint density at radius 2 is 1.97 bits per heavy atom. The minimum Gasteiger partial charge on any atom is -0.366 e. The summed E-state index contributed by atoms with van der Waals surface area (Å²) in [5.74, 6) is -0.374. The highest BCUT2D eigenvalue weighted by atomic mass is 32.2. The third kappa shape index (κ3) is 4.10. The molecule has 0 saturated carbocycles. The number of hydrogen-bond donors (Lipinski definition) is 2. The van der Waals surface area contributed by atoms with Crippen LogP contribution in [-0.4, -0.2) is 27.7 Å². The first-order valence-electron chi connectivity index (χ1n) is 10.2. The molecule has 160 valence electrons. The lowest BCUT2D eigenvalue weighted by Crippen LogP contribution is -2.28. The van der Waals surface area contributed by atoms with Crippen LogP contribution in [0.25, 0.3) is 5.69 Å². The van der Waals surface area contributed by atoms with Crippen LogP contribution in [-0.2, 0) is 6.42 Å². The minimum absolute atomic E-state index is 0.124. The summed E-state index contributed by atoms with van der Waals surface area (Å²) in [5, 5.41) is 8.01. The molecule has 0 unspecified atom stereocenters. The van der Waals surface area contributed by atoms with E-state index in [0.717, 1.165) is 39.6 Å². The normalized spacial score (nSPS) is 14.9. The molecule has 3 N–H and O–H groups in total. The van der Waals surface area contributed by atoms with Crippen molar-refractivity contribution >= 4 is 34.8 Å². The van der Waals surface area contributed by atoms with E-state index in [1.165, 1.54) is 0 Å². The van der Waals surface area contributed by atoms with E-state index in [2.05, 4.69) is 24.3 Å². The predicted octanol–water partition coefficient (Wildman–Crippen LogP) is 4.90. The number of amides is 1. The average Bonchev–Trinajstić information content (AvgIpc) is 3.03. The molecule has 4 rings (SSSR count). The molecule has 7 heteroatoms. The maximum absolute atomic E-state index is 12.7. The van der Waals surface area contributed by atoms with Crippen molar-refractivity contribution in [3.63, 3.8) is 0 Å². The van der Waals surface area contributed by atoms with E-state index >= 15 is 0 Å². The van der Waals surface area contributed by atoms with Gasteiger partial charge in [0.05, 0.1) is 33.9 Å². The number of Topliss-reactive ketones (excluding diaryl/α,β-unsaturated/α-hetero) is 1. The third-order valence-corrected chi connectivity index (χ3v) is 6.31. The van der Waals surface area contributed by atoms with Gasteiger partial charge < -0.3 is 11.1 Å². The molecule has 2 aromatic carbocycles. The van der Waals surface area contributed by atoms with Gasteiger partial charge in [0, 0.05) is 17.0 Å². The Kier molecular flexibility index (Phi) is 5.39. The Morgan fingerprint density at radius 1 is 1.19 bits per heavy atom. The number of ketones is 1. The Hall–Kier alpha value is -3.06. The van der Waals surface area contributed by atoms with E-state index in [1.54, 1.807) is 17.8 Å². The molecule has 0 radical (unpaired) electrons. The van der Waals surface area contributed by atoms with Gasteiger partial charge in [0.15, 0.2) is 5.78 Å². The lowest BCUT2D eigenvalue weighted by molar-refractivity contribution is 0.0909. The second-order valence-corrected chi connectivity index (χ2v) is 9.59. The molecule has 3 aromatic rings. The molecule has 6 nitrogen and oxygen atoms in total. The fourth-order valence-electron chi connectivity index (χ4n) is 4.19. The average molecular weight is 435 g/mol. The number of benzene rings is 2. The maximum atomic E-state index is 12.7. The second-order valence-electron chi connectivity index (χ2n) is 8.71. The van der Waals surface area contributed by atoms with Gasteiger partial charge in [0.1, 0.15) is 0 Å². The largest absolute Gasteiger partial charge is 0.366 e. The molecule has 0 fully saturated rings. The van der Waals surface area contributed by atoms with Crippen LogP contribution in [0.3, 0.4) is 0 Å². The van der Waals surface area contributed by atoms with Crippen molar-refractivity contribution in [2.24, 2.45) is 11.1 Å². The quantitative estimate of drug-likeness (QED) is 0.558. The molecule has 0 saturated heterocycles. The number of rotatable bonds is 5. The van der Waals surface area contributed by atoms with Gasteiger partial charge in [-0.2, -0.15) is 5.10 Å². The highest BCUT2D eigenvalue weighted by Gasteiger charge is 2.35. The van der Waals surface area contributed by atoms with E-state index in [1.807, 2.05) is 54.3 Å². The van der Waals surface area contributed by atoms with Crippen LogP contribution in [0, 0.1) is 12.3 Å². The van der Waals surface area contributed by atoms with Crippen molar-refractivity contribution < 1.29 is 9.59 Å².